The Bertz CT molecular complexity index is 864. The highest BCUT2D eigenvalue weighted by Crippen LogP contribution is 2.17. The van der Waals surface area contributed by atoms with Gasteiger partial charge in [-0.25, -0.2) is 9.37 Å². The van der Waals surface area contributed by atoms with E-state index < -0.39 is 0 Å². The quantitative estimate of drug-likeness (QED) is 0.739. The number of nitrogens with one attached hydrogen (secondary N) is 1. The van der Waals surface area contributed by atoms with Gasteiger partial charge in [0.25, 0.3) is 0 Å². The smallest absolute Gasteiger partial charge is 0.179 e. The van der Waals surface area contributed by atoms with Gasteiger partial charge in [0.15, 0.2) is 10.4 Å². The maximum absolute atomic E-state index is 13.1. The Kier molecular flexibility index (Phi) is 3.59. The molecule has 0 saturated heterocycles. The number of hydrogen-bond acceptors (Lipinski definition) is 2. The van der Waals surface area contributed by atoms with E-state index in [2.05, 4.69) is 9.97 Å². The molecule has 0 aliphatic heterocycles. The van der Waals surface area contributed by atoms with Gasteiger partial charge in [-0.05, 0) is 67.4 Å². The molecule has 0 fully saturated rings. The van der Waals surface area contributed by atoms with Crippen molar-refractivity contribution in [3.05, 3.63) is 57.7 Å². The molecule has 2 heterocycles. The van der Waals surface area contributed by atoms with Crippen LogP contribution in [0.1, 0.15) is 16.7 Å². The molecule has 2 aromatic heterocycles. The zero-order valence-corrected chi connectivity index (χ0v) is 12.8. The van der Waals surface area contributed by atoms with Gasteiger partial charge in [-0.2, -0.15) is 0 Å². The molecule has 108 valence electrons. The number of fused-ring (bicyclic) bond motifs is 1. The van der Waals surface area contributed by atoms with Gasteiger partial charge in [0.05, 0.1) is 5.52 Å². The molecule has 0 radical (unpaired) electrons. The predicted octanol–water partition coefficient (Wildman–Crippen LogP) is 4.09. The molecule has 0 bridgehead atoms. The van der Waals surface area contributed by atoms with Crippen molar-refractivity contribution in [2.24, 2.45) is 0 Å². The lowest BCUT2D eigenvalue weighted by atomic mass is 10.1. The number of aromatic nitrogens is 3. The zero-order chi connectivity index (χ0) is 15.0. The molecule has 0 unspecified atom stereocenters. The number of hydrogen-bond donors (Lipinski definition) is 1. The molecule has 0 spiro atoms. The molecule has 0 atom stereocenters. The summed E-state index contributed by atoms with van der Waals surface area (Å²) in [6.07, 6.45) is 2.59. The molecule has 0 saturated carbocycles. The third-order valence-electron chi connectivity index (χ3n) is 3.78. The largest absolute Gasteiger partial charge is 0.329 e. The average molecular weight is 301 g/mol. The highest BCUT2D eigenvalue weighted by Gasteiger charge is 2.08. The summed E-state index contributed by atoms with van der Waals surface area (Å²) in [5, 5.41) is 0. The maximum atomic E-state index is 13.1. The second kappa shape index (κ2) is 5.41. The minimum Gasteiger partial charge on any atom is -0.329 e. The van der Waals surface area contributed by atoms with Crippen LogP contribution >= 0.6 is 12.2 Å². The van der Waals surface area contributed by atoms with E-state index in [1.165, 1.54) is 6.07 Å². The lowest BCUT2D eigenvalue weighted by Crippen LogP contribution is -2.03. The Morgan fingerprint density at radius 3 is 2.81 bits per heavy atom. The van der Waals surface area contributed by atoms with Crippen LogP contribution in [0.5, 0.6) is 0 Å². The van der Waals surface area contributed by atoms with Crippen molar-refractivity contribution in [1.29, 1.82) is 0 Å². The fourth-order valence-electron chi connectivity index (χ4n) is 2.55. The number of pyridine rings is 1. The number of halogens is 1. The van der Waals surface area contributed by atoms with Gasteiger partial charge in [0.1, 0.15) is 5.82 Å². The van der Waals surface area contributed by atoms with Crippen molar-refractivity contribution >= 4 is 23.4 Å². The number of imidazole rings is 1. The van der Waals surface area contributed by atoms with Crippen LogP contribution in [0.25, 0.3) is 11.2 Å². The van der Waals surface area contributed by atoms with Crippen molar-refractivity contribution in [3.8, 4) is 0 Å². The molecule has 1 aromatic carbocycles. The molecule has 1 N–H and O–H groups in total. The number of nitrogens with zero attached hydrogens (tertiary/aromatic N) is 2. The average Bonchev–Trinajstić information content (AvgIpc) is 2.76. The third-order valence-corrected chi connectivity index (χ3v) is 4.10. The molecule has 21 heavy (non-hydrogen) atoms. The number of H-pyrrole nitrogens is 1. The first-order valence-corrected chi connectivity index (χ1v) is 7.26. The Balaban J connectivity index is 1.94. The third kappa shape index (κ3) is 2.61. The summed E-state index contributed by atoms with van der Waals surface area (Å²) >= 11 is 5.39. The minimum absolute atomic E-state index is 0.197. The lowest BCUT2D eigenvalue weighted by molar-refractivity contribution is 0.624. The van der Waals surface area contributed by atoms with Crippen LogP contribution in [0.3, 0.4) is 0 Å². The van der Waals surface area contributed by atoms with E-state index in [0.29, 0.717) is 4.77 Å². The normalized spacial score (nSPS) is 11.2. The fraction of sp³-hybridized carbons (Fsp3) is 0.250. The van der Waals surface area contributed by atoms with Gasteiger partial charge in [0.2, 0.25) is 0 Å². The van der Waals surface area contributed by atoms with Crippen LogP contribution in [0.4, 0.5) is 4.39 Å². The lowest BCUT2D eigenvalue weighted by Gasteiger charge is -2.07. The van der Waals surface area contributed by atoms with Crippen LogP contribution in [0.15, 0.2) is 30.5 Å². The molecule has 3 aromatic rings. The topological polar surface area (TPSA) is 33.6 Å². The molecule has 0 amide bonds. The van der Waals surface area contributed by atoms with Gasteiger partial charge >= 0.3 is 0 Å². The molecule has 0 aliphatic rings. The summed E-state index contributed by atoms with van der Waals surface area (Å²) in [5.41, 5.74) is 5.08. The second-order valence-corrected chi connectivity index (χ2v) is 5.62. The van der Waals surface area contributed by atoms with Crippen LogP contribution in [0.2, 0.25) is 0 Å². The van der Waals surface area contributed by atoms with E-state index in [9.17, 15) is 4.39 Å². The highest BCUT2D eigenvalue weighted by molar-refractivity contribution is 7.71. The SMILES string of the molecule is Cc1cc(F)ccc1CCn1c(=S)[nH]c2c(C)ccnc21. The summed E-state index contributed by atoms with van der Waals surface area (Å²) in [4.78, 5) is 7.63. The fourth-order valence-corrected chi connectivity index (χ4v) is 2.83. The summed E-state index contributed by atoms with van der Waals surface area (Å²) in [5.74, 6) is -0.197. The van der Waals surface area contributed by atoms with E-state index in [1.54, 1.807) is 12.3 Å². The first-order valence-electron chi connectivity index (χ1n) is 6.85. The van der Waals surface area contributed by atoms with Gasteiger partial charge in [-0.1, -0.05) is 6.07 Å². The van der Waals surface area contributed by atoms with Crippen molar-refractivity contribution in [2.45, 2.75) is 26.8 Å². The van der Waals surface area contributed by atoms with E-state index in [4.69, 9.17) is 12.2 Å². The van der Waals surface area contributed by atoms with Crippen LogP contribution in [-0.2, 0) is 13.0 Å². The summed E-state index contributed by atoms with van der Waals surface area (Å²) in [7, 11) is 0. The Labute approximate surface area is 127 Å². The zero-order valence-electron chi connectivity index (χ0n) is 12.0. The second-order valence-electron chi connectivity index (χ2n) is 5.23. The van der Waals surface area contributed by atoms with Crippen molar-refractivity contribution < 1.29 is 4.39 Å². The van der Waals surface area contributed by atoms with E-state index >= 15 is 0 Å². The van der Waals surface area contributed by atoms with Gasteiger partial charge in [-0.15, -0.1) is 0 Å². The maximum Gasteiger partial charge on any atom is 0.179 e. The Morgan fingerprint density at radius 2 is 2.05 bits per heavy atom. The van der Waals surface area contributed by atoms with Crippen molar-refractivity contribution in [2.75, 3.05) is 0 Å². The molecular weight excluding hydrogens is 285 g/mol. The van der Waals surface area contributed by atoms with E-state index in [-0.39, 0.29) is 5.82 Å². The standard InChI is InChI=1S/C16H16FN3S/c1-10-5-7-18-15-14(10)19-16(21)20(15)8-6-12-3-4-13(17)9-11(12)2/h3-5,7,9H,6,8H2,1-2H3,(H,19,21). The van der Waals surface area contributed by atoms with Crippen molar-refractivity contribution in [1.82, 2.24) is 14.5 Å². The van der Waals surface area contributed by atoms with Crippen LogP contribution in [-0.4, -0.2) is 14.5 Å². The molecule has 0 aliphatic carbocycles. The monoisotopic (exact) mass is 301 g/mol. The summed E-state index contributed by atoms with van der Waals surface area (Å²) < 4.78 is 15.8. The van der Waals surface area contributed by atoms with E-state index in [0.717, 1.165) is 40.8 Å². The minimum atomic E-state index is -0.197. The first kappa shape index (κ1) is 13.9. The summed E-state index contributed by atoms with van der Waals surface area (Å²) in [6, 6.07) is 6.86. The van der Waals surface area contributed by atoms with Gasteiger partial charge in [0, 0.05) is 12.7 Å². The molecule has 5 heteroatoms. The molecular formula is C16H16FN3S. The van der Waals surface area contributed by atoms with Crippen molar-refractivity contribution in [3.63, 3.8) is 0 Å². The van der Waals surface area contributed by atoms with Gasteiger partial charge < -0.3 is 9.55 Å². The number of rotatable bonds is 3. The molecule has 3 nitrogen and oxygen atoms in total. The number of benzene rings is 1. The van der Waals surface area contributed by atoms with Crippen LogP contribution < -0.4 is 0 Å². The Morgan fingerprint density at radius 1 is 1.24 bits per heavy atom. The first-order chi connectivity index (χ1) is 10.1. The highest BCUT2D eigenvalue weighted by atomic mass is 32.1. The number of aromatic amines is 1. The van der Waals surface area contributed by atoms with E-state index in [1.807, 2.05) is 30.5 Å². The number of aryl methyl sites for hydroxylation is 4. The Hall–Kier alpha value is -2.01. The van der Waals surface area contributed by atoms with Gasteiger partial charge in [-0.3, -0.25) is 0 Å². The predicted molar refractivity (Wildman–Crippen MR) is 84.5 cm³/mol. The van der Waals surface area contributed by atoms with Crippen LogP contribution in [0, 0.1) is 24.4 Å². The summed E-state index contributed by atoms with van der Waals surface area (Å²) in [6.45, 7) is 4.68. The molecule has 3 rings (SSSR count).